The van der Waals surface area contributed by atoms with Crippen LogP contribution in [0.2, 0.25) is 0 Å². The predicted octanol–water partition coefficient (Wildman–Crippen LogP) is 3.11. The van der Waals surface area contributed by atoms with Gasteiger partial charge in [0.1, 0.15) is 0 Å². The average Bonchev–Trinajstić information content (AvgIpc) is 2.29. The van der Waals surface area contributed by atoms with E-state index in [0.29, 0.717) is 0 Å². The van der Waals surface area contributed by atoms with E-state index in [1.54, 1.807) is 0 Å². The van der Waals surface area contributed by atoms with Gasteiger partial charge in [0.15, 0.2) is 0 Å². The van der Waals surface area contributed by atoms with Crippen molar-refractivity contribution >= 4 is 15.9 Å². The molecule has 0 amide bonds. The minimum Gasteiger partial charge on any atom is -0.380 e. The molecular formula is C13H18BrNO. The van der Waals surface area contributed by atoms with Crippen LogP contribution in [0.5, 0.6) is 0 Å². The van der Waals surface area contributed by atoms with Gasteiger partial charge < -0.3 is 10.1 Å². The molecule has 1 aliphatic heterocycles. The largest absolute Gasteiger partial charge is 0.380 e. The van der Waals surface area contributed by atoms with Gasteiger partial charge in [0.05, 0.1) is 6.61 Å². The zero-order valence-electron chi connectivity index (χ0n) is 9.63. The van der Waals surface area contributed by atoms with E-state index in [-0.39, 0.29) is 5.54 Å². The molecule has 0 saturated carbocycles. The highest BCUT2D eigenvalue weighted by Gasteiger charge is 2.26. The summed E-state index contributed by atoms with van der Waals surface area (Å²) in [4.78, 5) is 0. The monoisotopic (exact) mass is 283 g/mol. The maximum Gasteiger partial charge on any atom is 0.0645 e. The zero-order valence-corrected chi connectivity index (χ0v) is 11.2. The summed E-state index contributed by atoms with van der Waals surface area (Å²) in [6.07, 6.45) is 2.34. The molecule has 1 unspecified atom stereocenters. The van der Waals surface area contributed by atoms with Crippen LogP contribution in [0.15, 0.2) is 28.7 Å². The summed E-state index contributed by atoms with van der Waals surface area (Å²) >= 11 is 3.57. The van der Waals surface area contributed by atoms with Crippen molar-refractivity contribution < 1.29 is 4.74 Å². The normalized spacial score (nSPS) is 25.6. The Morgan fingerprint density at radius 2 is 2.25 bits per heavy atom. The van der Waals surface area contributed by atoms with E-state index in [2.05, 4.69) is 46.4 Å². The van der Waals surface area contributed by atoms with Crippen molar-refractivity contribution in [3.05, 3.63) is 34.3 Å². The van der Waals surface area contributed by atoms with E-state index in [1.165, 1.54) is 16.5 Å². The van der Waals surface area contributed by atoms with Crippen LogP contribution in [-0.2, 0) is 11.3 Å². The van der Waals surface area contributed by atoms with Gasteiger partial charge >= 0.3 is 0 Å². The van der Waals surface area contributed by atoms with E-state index in [4.69, 9.17) is 4.74 Å². The van der Waals surface area contributed by atoms with Gasteiger partial charge in [0, 0.05) is 23.2 Å². The molecule has 1 saturated heterocycles. The summed E-state index contributed by atoms with van der Waals surface area (Å²) in [5.74, 6) is 0. The summed E-state index contributed by atoms with van der Waals surface area (Å²) in [5.41, 5.74) is 1.43. The summed E-state index contributed by atoms with van der Waals surface area (Å²) in [6, 6.07) is 8.33. The SMILES string of the molecule is CC1(NCc2ccccc2Br)CCCOC1. The van der Waals surface area contributed by atoms with E-state index in [0.717, 1.165) is 26.2 Å². The van der Waals surface area contributed by atoms with Crippen LogP contribution in [-0.4, -0.2) is 18.8 Å². The lowest BCUT2D eigenvalue weighted by Crippen LogP contribution is -2.48. The van der Waals surface area contributed by atoms with Gasteiger partial charge in [-0.05, 0) is 31.4 Å². The van der Waals surface area contributed by atoms with Crippen molar-refractivity contribution in [3.63, 3.8) is 0 Å². The van der Waals surface area contributed by atoms with Crippen LogP contribution >= 0.6 is 15.9 Å². The second kappa shape index (κ2) is 5.30. The van der Waals surface area contributed by atoms with Crippen LogP contribution in [0.4, 0.5) is 0 Å². The Hall–Kier alpha value is -0.380. The summed E-state index contributed by atoms with van der Waals surface area (Å²) in [5, 5.41) is 3.60. The third-order valence-corrected chi connectivity index (χ3v) is 3.87. The number of rotatable bonds is 3. The van der Waals surface area contributed by atoms with Crippen molar-refractivity contribution in [2.75, 3.05) is 13.2 Å². The minimum atomic E-state index is 0.132. The maximum absolute atomic E-state index is 5.53. The molecule has 1 heterocycles. The van der Waals surface area contributed by atoms with Gasteiger partial charge in [-0.2, -0.15) is 0 Å². The van der Waals surface area contributed by atoms with Gasteiger partial charge in [0.25, 0.3) is 0 Å². The van der Waals surface area contributed by atoms with E-state index >= 15 is 0 Å². The summed E-state index contributed by atoms with van der Waals surface area (Å²) in [7, 11) is 0. The zero-order chi connectivity index (χ0) is 11.4. The molecule has 1 atom stereocenters. The quantitative estimate of drug-likeness (QED) is 0.921. The number of hydrogen-bond acceptors (Lipinski definition) is 2. The first kappa shape index (κ1) is 12.1. The van der Waals surface area contributed by atoms with Gasteiger partial charge in [-0.25, -0.2) is 0 Å². The number of nitrogens with one attached hydrogen (secondary N) is 1. The second-order valence-corrected chi connectivity index (χ2v) is 5.52. The molecule has 0 bridgehead atoms. The Kier molecular flexibility index (Phi) is 4.00. The summed E-state index contributed by atoms with van der Waals surface area (Å²) < 4.78 is 6.70. The molecule has 1 aromatic rings. The highest BCUT2D eigenvalue weighted by atomic mass is 79.9. The van der Waals surface area contributed by atoms with Crippen LogP contribution in [0.3, 0.4) is 0 Å². The number of ether oxygens (including phenoxy) is 1. The average molecular weight is 284 g/mol. The number of halogens is 1. The Morgan fingerprint density at radius 1 is 1.44 bits per heavy atom. The van der Waals surface area contributed by atoms with Crippen molar-refractivity contribution in [1.82, 2.24) is 5.32 Å². The first-order chi connectivity index (χ1) is 7.70. The van der Waals surface area contributed by atoms with E-state index in [9.17, 15) is 0 Å². The first-order valence-corrected chi connectivity index (χ1v) is 6.55. The minimum absolute atomic E-state index is 0.132. The van der Waals surface area contributed by atoms with Crippen LogP contribution in [0, 0.1) is 0 Å². The molecular weight excluding hydrogens is 266 g/mol. The molecule has 1 fully saturated rings. The highest BCUT2D eigenvalue weighted by Crippen LogP contribution is 2.21. The predicted molar refractivity (Wildman–Crippen MR) is 69.4 cm³/mol. The molecule has 1 aliphatic rings. The lowest BCUT2D eigenvalue weighted by molar-refractivity contribution is 0.0277. The topological polar surface area (TPSA) is 21.3 Å². The van der Waals surface area contributed by atoms with Crippen molar-refractivity contribution in [1.29, 1.82) is 0 Å². The highest BCUT2D eigenvalue weighted by molar-refractivity contribution is 9.10. The van der Waals surface area contributed by atoms with Crippen molar-refractivity contribution in [2.45, 2.75) is 31.8 Å². The van der Waals surface area contributed by atoms with Crippen molar-refractivity contribution in [3.8, 4) is 0 Å². The van der Waals surface area contributed by atoms with Crippen molar-refractivity contribution in [2.24, 2.45) is 0 Å². The Balaban J connectivity index is 1.94. The van der Waals surface area contributed by atoms with Gasteiger partial charge in [-0.3, -0.25) is 0 Å². The molecule has 2 nitrogen and oxygen atoms in total. The Bertz CT molecular complexity index is 348. The van der Waals surface area contributed by atoms with Gasteiger partial charge in [-0.15, -0.1) is 0 Å². The fraction of sp³-hybridized carbons (Fsp3) is 0.538. The third-order valence-electron chi connectivity index (χ3n) is 3.10. The van der Waals surface area contributed by atoms with E-state index in [1.807, 2.05) is 6.07 Å². The third kappa shape index (κ3) is 3.06. The molecule has 1 aromatic carbocycles. The standard InChI is InChI=1S/C13H18BrNO/c1-13(7-4-8-16-10-13)15-9-11-5-2-3-6-12(11)14/h2-3,5-6,15H,4,7-10H2,1H3. The molecule has 0 aromatic heterocycles. The van der Waals surface area contributed by atoms with Crippen LogP contribution < -0.4 is 5.32 Å². The summed E-state index contributed by atoms with van der Waals surface area (Å²) in [6.45, 7) is 4.86. The maximum atomic E-state index is 5.53. The molecule has 3 heteroatoms. The number of benzene rings is 1. The van der Waals surface area contributed by atoms with Gasteiger partial charge in [0.2, 0.25) is 0 Å². The lowest BCUT2D eigenvalue weighted by atomic mass is 9.94. The molecule has 0 radical (unpaired) electrons. The van der Waals surface area contributed by atoms with Gasteiger partial charge in [-0.1, -0.05) is 34.1 Å². The second-order valence-electron chi connectivity index (χ2n) is 4.66. The van der Waals surface area contributed by atoms with E-state index < -0.39 is 0 Å². The lowest BCUT2D eigenvalue weighted by Gasteiger charge is -2.34. The van der Waals surface area contributed by atoms with Crippen LogP contribution in [0.1, 0.15) is 25.3 Å². The molecule has 0 spiro atoms. The molecule has 0 aliphatic carbocycles. The fourth-order valence-electron chi connectivity index (χ4n) is 2.02. The molecule has 1 N–H and O–H groups in total. The first-order valence-electron chi connectivity index (χ1n) is 5.76. The Morgan fingerprint density at radius 3 is 2.94 bits per heavy atom. The molecule has 16 heavy (non-hydrogen) atoms. The molecule has 88 valence electrons. The van der Waals surface area contributed by atoms with Crippen LogP contribution in [0.25, 0.3) is 0 Å². The fourth-order valence-corrected chi connectivity index (χ4v) is 2.45. The Labute approximate surface area is 106 Å². The smallest absolute Gasteiger partial charge is 0.0645 e. The number of hydrogen-bond donors (Lipinski definition) is 1. The molecule has 2 rings (SSSR count).